The van der Waals surface area contributed by atoms with Gasteiger partial charge >= 0.3 is 5.97 Å². The highest BCUT2D eigenvalue weighted by Gasteiger charge is 2.16. The second-order valence-corrected chi connectivity index (χ2v) is 8.20. The van der Waals surface area contributed by atoms with Crippen LogP contribution in [-0.4, -0.2) is 28.7 Å². The van der Waals surface area contributed by atoms with Gasteiger partial charge in [-0.05, 0) is 54.1 Å². The minimum absolute atomic E-state index is 0.0328. The molecular weight excluding hydrogens is 416 g/mol. The van der Waals surface area contributed by atoms with Crippen molar-refractivity contribution in [1.82, 2.24) is 4.57 Å². The molecule has 3 aromatic rings. The van der Waals surface area contributed by atoms with Gasteiger partial charge in [-0.3, -0.25) is 4.79 Å². The summed E-state index contributed by atoms with van der Waals surface area (Å²) >= 11 is 0. The lowest BCUT2D eigenvalue weighted by Crippen LogP contribution is -2.22. The van der Waals surface area contributed by atoms with Gasteiger partial charge in [-0.15, -0.1) is 0 Å². The number of anilines is 1. The number of amides is 1. The number of fused-ring (bicyclic) bond motifs is 1. The standard InChI is InChI=1S/C27H32N2O4/c1-4-6-7-20(5-2)27(32)28-23-12-11-21-14-15-29(24(21)17-23)18-22-10-8-19(9-13-26(30)31)16-25(22)33-3/h8-17,20H,4-7,18H2,1-3H3,(H,28,32)(H,30,31)/b13-9+. The molecule has 0 saturated heterocycles. The number of benzene rings is 2. The first-order valence-corrected chi connectivity index (χ1v) is 11.4. The smallest absolute Gasteiger partial charge is 0.328 e. The number of ether oxygens (including phenoxy) is 1. The van der Waals surface area contributed by atoms with Gasteiger partial charge in [-0.1, -0.05) is 44.9 Å². The van der Waals surface area contributed by atoms with Crippen molar-refractivity contribution in [3.8, 4) is 5.75 Å². The summed E-state index contributed by atoms with van der Waals surface area (Å²) in [6, 6.07) is 13.7. The first-order valence-electron chi connectivity index (χ1n) is 11.4. The Kier molecular flexibility index (Phi) is 8.30. The van der Waals surface area contributed by atoms with Crippen LogP contribution in [0.5, 0.6) is 5.75 Å². The third kappa shape index (κ3) is 6.25. The first-order chi connectivity index (χ1) is 15.9. The molecule has 1 amide bonds. The number of carbonyl (C=O) groups excluding carboxylic acids is 1. The minimum atomic E-state index is -0.990. The van der Waals surface area contributed by atoms with Crippen LogP contribution < -0.4 is 10.1 Å². The molecule has 0 saturated carbocycles. The van der Waals surface area contributed by atoms with Crippen LogP contribution in [0.1, 0.15) is 50.7 Å². The highest BCUT2D eigenvalue weighted by Crippen LogP contribution is 2.26. The summed E-state index contributed by atoms with van der Waals surface area (Å²) in [7, 11) is 1.60. The van der Waals surface area contributed by atoms with Crippen molar-refractivity contribution in [1.29, 1.82) is 0 Å². The second-order valence-electron chi connectivity index (χ2n) is 8.20. The number of aromatic nitrogens is 1. The molecule has 33 heavy (non-hydrogen) atoms. The van der Waals surface area contributed by atoms with E-state index in [1.807, 2.05) is 48.7 Å². The van der Waals surface area contributed by atoms with Crippen molar-refractivity contribution in [2.24, 2.45) is 5.92 Å². The lowest BCUT2D eigenvalue weighted by molar-refractivity contribution is -0.131. The maximum Gasteiger partial charge on any atom is 0.328 e. The predicted octanol–water partition coefficient (Wildman–Crippen LogP) is 5.95. The lowest BCUT2D eigenvalue weighted by atomic mass is 9.98. The Morgan fingerprint density at radius 3 is 2.67 bits per heavy atom. The van der Waals surface area contributed by atoms with Crippen LogP contribution in [0.25, 0.3) is 17.0 Å². The van der Waals surface area contributed by atoms with E-state index in [2.05, 4.69) is 23.7 Å². The van der Waals surface area contributed by atoms with Crippen molar-refractivity contribution < 1.29 is 19.4 Å². The van der Waals surface area contributed by atoms with Gasteiger partial charge in [0.25, 0.3) is 0 Å². The summed E-state index contributed by atoms with van der Waals surface area (Å²) in [5.74, 6) is -0.189. The number of methoxy groups -OCH3 is 1. The summed E-state index contributed by atoms with van der Waals surface area (Å²) in [4.78, 5) is 23.5. The number of aliphatic carboxylic acids is 1. The number of nitrogens with one attached hydrogen (secondary N) is 1. The normalized spacial score (nSPS) is 12.2. The summed E-state index contributed by atoms with van der Waals surface area (Å²) in [5.41, 5.74) is 3.55. The zero-order valence-electron chi connectivity index (χ0n) is 19.5. The summed E-state index contributed by atoms with van der Waals surface area (Å²) in [6.45, 7) is 4.79. The monoisotopic (exact) mass is 448 g/mol. The topological polar surface area (TPSA) is 80.6 Å². The highest BCUT2D eigenvalue weighted by atomic mass is 16.5. The summed E-state index contributed by atoms with van der Waals surface area (Å²) < 4.78 is 7.66. The molecule has 174 valence electrons. The zero-order valence-corrected chi connectivity index (χ0v) is 19.5. The van der Waals surface area contributed by atoms with Crippen LogP contribution >= 0.6 is 0 Å². The lowest BCUT2D eigenvalue weighted by Gasteiger charge is -2.15. The first kappa shape index (κ1) is 24.1. The Labute approximate surface area is 194 Å². The molecule has 1 unspecified atom stereocenters. The minimum Gasteiger partial charge on any atom is -0.496 e. The van der Waals surface area contributed by atoms with E-state index in [-0.39, 0.29) is 11.8 Å². The number of hydrogen-bond acceptors (Lipinski definition) is 3. The molecular formula is C27H32N2O4. The molecule has 6 heteroatoms. The Balaban J connectivity index is 1.82. The fourth-order valence-corrected chi connectivity index (χ4v) is 3.96. The molecule has 0 bridgehead atoms. The van der Waals surface area contributed by atoms with Crippen molar-refractivity contribution in [2.45, 2.75) is 46.1 Å². The average Bonchev–Trinajstić information content (AvgIpc) is 3.20. The van der Waals surface area contributed by atoms with E-state index in [4.69, 9.17) is 9.84 Å². The van der Waals surface area contributed by atoms with Crippen LogP contribution in [-0.2, 0) is 16.1 Å². The molecule has 0 aliphatic rings. The molecule has 1 atom stereocenters. The van der Waals surface area contributed by atoms with Crippen molar-refractivity contribution in [2.75, 3.05) is 12.4 Å². The van der Waals surface area contributed by atoms with Crippen molar-refractivity contribution in [3.05, 3.63) is 65.9 Å². The summed E-state index contributed by atoms with van der Waals surface area (Å²) in [6.07, 6.45) is 8.55. The molecule has 6 nitrogen and oxygen atoms in total. The van der Waals surface area contributed by atoms with Gasteiger partial charge in [0, 0.05) is 29.4 Å². The van der Waals surface area contributed by atoms with Gasteiger partial charge in [-0.2, -0.15) is 0 Å². The van der Waals surface area contributed by atoms with Gasteiger partial charge in [0.1, 0.15) is 5.75 Å². The molecule has 2 N–H and O–H groups in total. The fraction of sp³-hybridized carbons (Fsp3) is 0.333. The van der Waals surface area contributed by atoms with Gasteiger partial charge in [-0.25, -0.2) is 4.79 Å². The van der Waals surface area contributed by atoms with Gasteiger partial charge in [0.2, 0.25) is 5.91 Å². The number of hydrogen-bond donors (Lipinski definition) is 2. The van der Waals surface area contributed by atoms with Crippen LogP contribution in [0.15, 0.2) is 54.7 Å². The maximum absolute atomic E-state index is 12.7. The molecule has 3 rings (SSSR count). The average molecular weight is 449 g/mol. The third-order valence-corrected chi connectivity index (χ3v) is 5.88. The second kappa shape index (κ2) is 11.4. The number of unbranched alkanes of at least 4 members (excludes halogenated alkanes) is 1. The fourth-order valence-electron chi connectivity index (χ4n) is 3.96. The molecule has 2 aromatic carbocycles. The van der Waals surface area contributed by atoms with Crippen LogP contribution in [0.2, 0.25) is 0 Å². The molecule has 0 aliphatic heterocycles. The van der Waals surface area contributed by atoms with Gasteiger partial charge in [0.15, 0.2) is 0 Å². The van der Waals surface area contributed by atoms with Crippen LogP contribution in [0.3, 0.4) is 0 Å². The van der Waals surface area contributed by atoms with E-state index in [9.17, 15) is 9.59 Å². The quantitative estimate of drug-likeness (QED) is 0.355. The third-order valence-electron chi connectivity index (χ3n) is 5.88. The number of nitrogens with zero attached hydrogens (tertiary/aromatic N) is 1. The Morgan fingerprint density at radius 2 is 1.97 bits per heavy atom. The largest absolute Gasteiger partial charge is 0.496 e. The van der Waals surface area contributed by atoms with Gasteiger partial charge in [0.05, 0.1) is 19.2 Å². The number of carboxylic acids is 1. The SMILES string of the molecule is CCCCC(CC)C(=O)Nc1ccc2ccn(Cc3ccc(/C=C/C(=O)O)cc3OC)c2c1. The van der Waals surface area contributed by atoms with E-state index < -0.39 is 5.97 Å². The van der Waals surface area contributed by atoms with Crippen molar-refractivity contribution in [3.63, 3.8) is 0 Å². The molecule has 0 radical (unpaired) electrons. The maximum atomic E-state index is 12.7. The molecule has 1 heterocycles. The molecule has 0 aliphatic carbocycles. The number of rotatable bonds is 11. The Bertz CT molecular complexity index is 1150. The Morgan fingerprint density at radius 1 is 1.15 bits per heavy atom. The van der Waals surface area contributed by atoms with E-state index in [1.54, 1.807) is 13.2 Å². The highest BCUT2D eigenvalue weighted by molar-refractivity contribution is 5.95. The molecule has 0 spiro atoms. The van der Waals surface area contributed by atoms with Crippen LogP contribution in [0, 0.1) is 5.92 Å². The van der Waals surface area contributed by atoms with Gasteiger partial charge < -0.3 is 19.7 Å². The molecule has 1 aromatic heterocycles. The van der Waals surface area contributed by atoms with E-state index >= 15 is 0 Å². The van der Waals surface area contributed by atoms with E-state index in [1.165, 1.54) is 0 Å². The van der Waals surface area contributed by atoms with Crippen LogP contribution in [0.4, 0.5) is 5.69 Å². The van der Waals surface area contributed by atoms with Crippen molar-refractivity contribution >= 4 is 34.5 Å². The number of carboxylic acid groups (broad SMARTS) is 1. The predicted molar refractivity (Wildman–Crippen MR) is 133 cm³/mol. The molecule has 0 fully saturated rings. The zero-order chi connectivity index (χ0) is 23.8. The summed E-state index contributed by atoms with van der Waals surface area (Å²) in [5, 5.41) is 13.0. The van der Waals surface area contributed by atoms with E-state index in [0.29, 0.717) is 12.3 Å². The Hall–Kier alpha value is -3.54. The van der Waals surface area contributed by atoms with E-state index in [0.717, 1.165) is 59.5 Å². The number of carbonyl (C=O) groups is 2.